The predicted octanol–water partition coefficient (Wildman–Crippen LogP) is 1.46. The van der Waals surface area contributed by atoms with Crippen LogP contribution in [0.3, 0.4) is 0 Å². The first kappa shape index (κ1) is 13.2. The van der Waals surface area contributed by atoms with Gasteiger partial charge in [-0.1, -0.05) is 25.1 Å². The maximum absolute atomic E-state index is 9.22. The van der Waals surface area contributed by atoms with Crippen LogP contribution in [-0.2, 0) is 0 Å². The topological polar surface area (TPSA) is 62.4 Å². The molecule has 5 heteroatoms. The minimum atomic E-state index is 0.134. The van der Waals surface area contributed by atoms with Gasteiger partial charge in [-0.2, -0.15) is 0 Å². The first-order valence-corrected chi connectivity index (χ1v) is 6.76. The molecular formula is C13H19N3OS. The molecule has 1 fully saturated rings. The highest BCUT2D eigenvalue weighted by atomic mass is 32.1. The van der Waals surface area contributed by atoms with Gasteiger partial charge in [-0.05, 0) is 25.0 Å². The van der Waals surface area contributed by atoms with Gasteiger partial charge in [-0.15, -0.1) is 0 Å². The lowest BCUT2D eigenvalue weighted by atomic mass is 10.2. The zero-order valence-corrected chi connectivity index (χ0v) is 11.2. The van der Waals surface area contributed by atoms with Gasteiger partial charge in [-0.25, -0.2) is 4.98 Å². The van der Waals surface area contributed by atoms with Crippen LogP contribution in [0, 0.1) is 0 Å². The van der Waals surface area contributed by atoms with Crippen molar-refractivity contribution in [2.75, 3.05) is 18.1 Å². The van der Waals surface area contributed by atoms with Crippen LogP contribution >= 0.6 is 12.2 Å². The van der Waals surface area contributed by atoms with Crippen LogP contribution < -0.4 is 10.6 Å². The van der Waals surface area contributed by atoms with Gasteiger partial charge < -0.3 is 15.7 Å². The minimum Gasteiger partial charge on any atom is -0.395 e. The molecule has 0 unspecified atom stereocenters. The molecule has 18 heavy (non-hydrogen) atoms. The summed E-state index contributed by atoms with van der Waals surface area (Å²) in [5.74, 6) is 0.862. The Balaban J connectivity index is 2.23. The zero-order chi connectivity index (χ0) is 13.0. The molecule has 98 valence electrons. The average molecular weight is 265 g/mol. The van der Waals surface area contributed by atoms with Gasteiger partial charge in [-0.3, -0.25) is 0 Å². The smallest absolute Gasteiger partial charge is 0.129 e. The highest BCUT2D eigenvalue weighted by Crippen LogP contribution is 2.27. The number of anilines is 1. The second-order valence-electron chi connectivity index (χ2n) is 4.62. The van der Waals surface area contributed by atoms with E-state index in [1.807, 2.05) is 12.1 Å². The molecule has 1 aromatic heterocycles. The van der Waals surface area contributed by atoms with E-state index in [0.717, 1.165) is 11.4 Å². The van der Waals surface area contributed by atoms with Crippen molar-refractivity contribution < 1.29 is 5.11 Å². The second-order valence-corrected chi connectivity index (χ2v) is 5.06. The minimum absolute atomic E-state index is 0.134. The highest BCUT2D eigenvalue weighted by molar-refractivity contribution is 7.80. The average Bonchev–Trinajstić information content (AvgIpc) is 2.89. The number of nitrogens with zero attached hydrogens (tertiary/aromatic N) is 2. The Kier molecular flexibility index (Phi) is 4.49. The molecule has 0 amide bonds. The maximum Gasteiger partial charge on any atom is 0.129 e. The van der Waals surface area contributed by atoms with Crippen LogP contribution in [0.5, 0.6) is 0 Å². The maximum atomic E-state index is 9.22. The molecular weight excluding hydrogens is 246 g/mol. The van der Waals surface area contributed by atoms with Crippen molar-refractivity contribution in [2.24, 2.45) is 5.73 Å². The van der Waals surface area contributed by atoms with E-state index in [4.69, 9.17) is 18.0 Å². The molecule has 2 rings (SSSR count). The Labute approximate surface area is 113 Å². The van der Waals surface area contributed by atoms with Gasteiger partial charge in [0, 0.05) is 24.3 Å². The van der Waals surface area contributed by atoms with E-state index >= 15 is 0 Å². The normalized spacial score (nSPS) is 15.8. The lowest BCUT2D eigenvalue weighted by Crippen LogP contribution is -2.36. The fourth-order valence-electron chi connectivity index (χ4n) is 2.54. The molecule has 1 aliphatic carbocycles. The largest absolute Gasteiger partial charge is 0.395 e. The van der Waals surface area contributed by atoms with Crippen molar-refractivity contribution in [2.45, 2.75) is 31.7 Å². The van der Waals surface area contributed by atoms with E-state index < -0.39 is 0 Å². The standard InChI is InChI=1S/C13H19N3OS/c14-13(18)10-5-6-15-12(9-10)16(7-8-17)11-3-1-2-4-11/h5-6,9,11,17H,1-4,7-8H2,(H2,14,18). The molecule has 1 aromatic rings. The first-order chi connectivity index (χ1) is 8.72. The van der Waals surface area contributed by atoms with E-state index in [1.54, 1.807) is 6.20 Å². The number of hydrogen-bond acceptors (Lipinski definition) is 4. The van der Waals surface area contributed by atoms with Crippen molar-refractivity contribution in [3.63, 3.8) is 0 Å². The molecule has 3 N–H and O–H groups in total. The van der Waals surface area contributed by atoms with E-state index in [-0.39, 0.29) is 6.61 Å². The summed E-state index contributed by atoms with van der Waals surface area (Å²) in [7, 11) is 0. The Hall–Kier alpha value is -1.20. The highest BCUT2D eigenvalue weighted by Gasteiger charge is 2.23. The van der Waals surface area contributed by atoms with Crippen LogP contribution in [-0.4, -0.2) is 34.3 Å². The number of pyridine rings is 1. The zero-order valence-electron chi connectivity index (χ0n) is 10.4. The third-order valence-electron chi connectivity index (χ3n) is 3.43. The van der Waals surface area contributed by atoms with Gasteiger partial charge in [0.1, 0.15) is 10.8 Å². The van der Waals surface area contributed by atoms with Crippen LogP contribution in [0.25, 0.3) is 0 Å². The van der Waals surface area contributed by atoms with E-state index in [9.17, 15) is 5.11 Å². The SMILES string of the molecule is NC(=S)c1ccnc(N(CCO)C2CCCC2)c1. The van der Waals surface area contributed by atoms with Gasteiger partial charge in [0.2, 0.25) is 0 Å². The van der Waals surface area contributed by atoms with Crippen LogP contribution in [0.2, 0.25) is 0 Å². The van der Waals surface area contributed by atoms with E-state index in [0.29, 0.717) is 17.6 Å². The summed E-state index contributed by atoms with van der Waals surface area (Å²) in [6.07, 6.45) is 6.56. The summed E-state index contributed by atoms with van der Waals surface area (Å²) in [6.45, 7) is 0.744. The lowest BCUT2D eigenvalue weighted by Gasteiger charge is -2.29. The Morgan fingerprint density at radius 2 is 2.22 bits per heavy atom. The summed E-state index contributed by atoms with van der Waals surface area (Å²) in [6, 6.07) is 4.21. The third kappa shape index (κ3) is 2.97. The summed E-state index contributed by atoms with van der Waals surface area (Å²) >= 11 is 4.99. The molecule has 1 aliphatic rings. The number of hydrogen-bond donors (Lipinski definition) is 2. The fraction of sp³-hybridized carbons (Fsp3) is 0.538. The van der Waals surface area contributed by atoms with Crippen LogP contribution in [0.15, 0.2) is 18.3 Å². The summed E-state index contributed by atoms with van der Waals surface area (Å²) in [5, 5.41) is 9.22. The molecule has 0 radical (unpaired) electrons. The number of thiocarbonyl (C=S) groups is 1. The second kappa shape index (κ2) is 6.11. The van der Waals surface area contributed by atoms with Crippen molar-refractivity contribution in [1.29, 1.82) is 0 Å². The molecule has 0 saturated heterocycles. The van der Waals surface area contributed by atoms with Crippen molar-refractivity contribution in [3.8, 4) is 0 Å². The van der Waals surface area contributed by atoms with Gasteiger partial charge in [0.15, 0.2) is 0 Å². The monoisotopic (exact) mass is 265 g/mol. The van der Waals surface area contributed by atoms with Crippen molar-refractivity contribution >= 4 is 23.0 Å². The molecule has 0 aromatic carbocycles. The Bertz CT molecular complexity index is 418. The summed E-state index contributed by atoms with van der Waals surface area (Å²) in [4.78, 5) is 6.94. The van der Waals surface area contributed by atoms with Gasteiger partial charge in [0.25, 0.3) is 0 Å². The molecule has 0 atom stereocenters. The van der Waals surface area contributed by atoms with E-state index in [1.165, 1.54) is 25.7 Å². The number of aliphatic hydroxyl groups is 1. The van der Waals surface area contributed by atoms with Crippen molar-refractivity contribution in [3.05, 3.63) is 23.9 Å². The molecule has 0 aliphatic heterocycles. The van der Waals surface area contributed by atoms with Crippen molar-refractivity contribution in [1.82, 2.24) is 4.98 Å². The first-order valence-electron chi connectivity index (χ1n) is 6.35. The summed E-state index contributed by atoms with van der Waals surface area (Å²) < 4.78 is 0. The van der Waals surface area contributed by atoms with E-state index in [2.05, 4.69) is 9.88 Å². The van der Waals surface area contributed by atoms with Gasteiger partial charge in [0.05, 0.1) is 6.61 Å². The van der Waals surface area contributed by atoms with Gasteiger partial charge >= 0.3 is 0 Å². The Morgan fingerprint density at radius 3 is 2.83 bits per heavy atom. The third-order valence-corrected chi connectivity index (χ3v) is 3.67. The predicted molar refractivity (Wildman–Crippen MR) is 76.8 cm³/mol. The molecule has 4 nitrogen and oxygen atoms in total. The number of nitrogens with two attached hydrogens (primary N) is 1. The lowest BCUT2D eigenvalue weighted by molar-refractivity contribution is 0.297. The molecule has 0 bridgehead atoms. The number of rotatable bonds is 5. The molecule has 1 saturated carbocycles. The molecule has 0 spiro atoms. The Morgan fingerprint density at radius 1 is 1.50 bits per heavy atom. The number of aromatic nitrogens is 1. The summed E-state index contributed by atoms with van der Waals surface area (Å²) in [5.41, 5.74) is 6.48. The quantitative estimate of drug-likeness (QED) is 0.789. The van der Waals surface area contributed by atoms with Crippen LogP contribution in [0.1, 0.15) is 31.2 Å². The number of aliphatic hydroxyl groups excluding tert-OH is 1. The fourth-order valence-corrected chi connectivity index (χ4v) is 2.66. The molecule has 1 heterocycles. The van der Waals surface area contributed by atoms with Crippen LogP contribution in [0.4, 0.5) is 5.82 Å².